The van der Waals surface area contributed by atoms with E-state index in [1.807, 2.05) is 38.1 Å². The monoisotopic (exact) mass is 260 g/mol. The van der Waals surface area contributed by atoms with Gasteiger partial charge in [0, 0.05) is 11.5 Å². The first kappa shape index (κ1) is 14.1. The number of Topliss-reactive ketones (excluding diaryl/α,β-unsaturated/α-hetero) is 1. The number of ketones is 1. The van der Waals surface area contributed by atoms with E-state index in [1.54, 1.807) is 0 Å². The molecule has 0 radical (unpaired) electrons. The second-order valence-corrected chi connectivity index (χ2v) is 6.94. The van der Waals surface area contributed by atoms with Crippen LogP contribution in [0.5, 0.6) is 5.75 Å². The Morgan fingerprint density at radius 2 is 1.74 bits per heavy atom. The van der Waals surface area contributed by atoms with Crippen molar-refractivity contribution in [2.45, 2.75) is 47.6 Å². The minimum absolute atomic E-state index is 0.0823. The fourth-order valence-corrected chi connectivity index (χ4v) is 3.01. The second-order valence-electron chi connectivity index (χ2n) is 6.94. The van der Waals surface area contributed by atoms with Crippen LogP contribution in [0.15, 0.2) is 24.3 Å². The summed E-state index contributed by atoms with van der Waals surface area (Å²) in [5.41, 5.74) is 0.930. The van der Waals surface area contributed by atoms with Crippen molar-refractivity contribution in [1.82, 2.24) is 0 Å². The molecular formula is C17H24O2. The van der Waals surface area contributed by atoms with Crippen LogP contribution >= 0.6 is 0 Å². The van der Waals surface area contributed by atoms with E-state index in [0.717, 1.165) is 11.3 Å². The molecule has 1 aliphatic carbocycles. The number of hydrogen-bond acceptors (Lipinski definition) is 2. The van der Waals surface area contributed by atoms with Crippen molar-refractivity contribution in [1.29, 1.82) is 0 Å². The van der Waals surface area contributed by atoms with Gasteiger partial charge in [-0.3, -0.25) is 4.79 Å². The summed E-state index contributed by atoms with van der Waals surface area (Å²) in [5.74, 6) is 1.12. The molecule has 0 amide bonds. The molecular weight excluding hydrogens is 236 g/mol. The highest BCUT2D eigenvalue weighted by Gasteiger charge is 2.67. The van der Waals surface area contributed by atoms with Crippen LogP contribution in [0.4, 0.5) is 0 Å². The first-order chi connectivity index (χ1) is 8.68. The fraction of sp³-hybridized carbons (Fsp3) is 0.588. The van der Waals surface area contributed by atoms with Gasteiger partial charge in [-0.25, -0.2) is 0 Å². The summed E-state index contributed by atoms with van der Waals surface area (Å²) in [7, 11) is 0. The fourth-order valence-electron chi connectivity index (χ4n) is 3.01. The Bertz CT molecular complexity index is 484. The average Bonchev–Trinajstić information content (AvgIpc) is 2.68. The summed E-state index contributed by atoms with van der Waals surface area (Å²) in [6, 6.07) is 7.56. The van der Waals surface area contributed by atoms with Crippen molar-refractivity contribution >= 4 is 5.78 Å². The summed E-state index contributed by atoms with van der Waals surface area (Å²) in [5, 5.41) is 0. The molecule has 0 saturated heterocycles. The summed E-state index contributed by atoms with van der Waals surface area (Å²) in [6.07, 6.45) is 0.124. The number of carbonyl (C=O) groups excluding carboxylic acids is 1. The molecule has 1 aromatic carbocycles. The predicted octanol–water partition coefficient (Wildman–Crippen LogP) is 4.34. The van der Waals surface area contributed by atoms with Crippen molar-refractivity contribution in [3.63, 3.8) is 0 Å². The van der Waals surface area contributed by atoms with Gasteiger partial charge in [-0.1, -0.05) is 39.8 Å². The molecule has 0 N–H and O–H groups in total. The Balaban J connectivity index is 2.22. The Morgan fingerprint density at radius 3 is 2.21 bits per heavy atom. The lowest BCUT2D eigenvalue weighted by atomic mass is 10.0. The molecule has 2 nitrogen and oxygen atoms in total. The van der Waals surface area contributed by atoms with Crippen LogP contribution in [0.25, 0.3) is 0 Å². The minimum atomic E-state index is 0.0823. The SMILES string of the molecule is CC(C)Oc1cccc(C(=O)C2C(C)(C)C2(C)C)c1. The normalized spacial score (nSPS) is 20.4. The average molecular weight is 260 g/mol. The van der Waals surface area contributed by atoms with Gasteiger partial charge in [0.1, 0.15) is 5.75 Å². The Labute approximate surface area is 116 Å². The van der Waals surface area contributed by atoms with Crippen molar-refractivity contribution in [2.24, 2.45) is 16.7 Å². The largest absolute Gasteiger partial charge is 0.491 e. The molecule has 1 aliphatic rings. The summed E-state index contributed by atoms with van der Waals surface area (Å²) < 4.78 is 5.66. The quantitative estimate of drug-likeness (QED) is 0.753. The molecule has 1 fully saturated rings. The van der Waals surface area contributed by atoms with Crippen molar-refractivity contribution in [2.75, 3.05) is 0 Å². The Hall–Kier alpha value is -1.31. The van der Waals surface area contributed by atoms with E-state index in [0.29, 0.717) is 0 Å². The van der Waals surface area contributed by atoms with Gasteiger partial charge in [-0.15, -0.1) is 0 Å². The standard InChI is InChI=1S/C17H24O2/c1-11(2)19-13-9-7-8-12(10-13)14(18)15-16(3,4)17(15,5)6/h7-11,15H,1-6H3. The third kappa shape index (κ3) is 2.29. The highest BCUT2D eigenvalue weighted by atomic mass is 16.5. The van der Waals surface area contributed by atoms with Gasteiger partial charge >= 0.3 is 0 Å². The lowest BCUT2D eigenvalue weighted by molar-refractivity contribution is 0.0944. The minimum Gasteiger partial charge on any atom is -0.491 e. The Kier molecular flexibility index (Phi) is 3.24. The summed E-state index contributed by atoms with van der Waals surface area (Å²) in [4.78, 5) is 12.6. The smallest absolute Gasteiger partial charge is 0.167 e. The molecule has 19 heavy (non-hydrogen) atoms. The lowest BCUT2D eigenvalue weighted by Crippen LogP contribution is -2.09. The maximum Gasteiger partial charge on any atom is 0.167 e. The van der Waals surface area contributed by atoms with E-state index in [4.69, 9.17) is 4.74 Å². The maximum absolute atomic E-state index is 12.6. The van der Waals surface area contributed by atoms with Crippen molar-refractivity contribution in [3.8, 4) is 5.75 Å². The molecule has 0 aliphatic heterocycles. The molecule has 0 spiro atoms. The number of benzene rings is 1. The van der Waals surface area contributed by atoms with E-state index in [2.05, 4.69) is 27.7 Å². The first-order valence-corrected chi connectivity index (χ1v) is 6.99. The number of hydrogen-bond donors (Lipinski definition) is 0. The van der Waals surface area contributed by atoms with Crippen LogP contribution in [-0.4, -0.2) is 11.9 Å². The highest BCUT2D eigenvalue weighted by molar-refractivity contribution is 6.01. The molecule has 0 heterocycles. The van der Waals surface area contributed by atoms with Crippen LogP contribution < -0.4 is 4.74 Å². The van der Waals surface area contributed by atoms with Gasteiger partial charge in [0.05, 0.1) is 6.10 Å². The van der Waals surface area contributed by atoms with Crippen LogP contribution in [-0.2, 0) is 0 Å². The van der Waals surface area contributed by atoms with Crippen LogP contribution in [0.2, 0.25) is 0 Å². The molecule has 0 atom stereocenters. The van der Waals surface area contributed by atoms with Gasteiger partial charge in [-0.05, 0) is 36.8 Å². The molecule has 2 rings (SSSR count). The highest BCUT2D eigenvalue weighted by Crippen LogP contribution is 2.69. The number of ether oxygens (including phenoxy) is 1. The molecule has 0 aromatic heterocycles. The molecule has 1 saturated carbocycles. The van der Waals surface area contributed by atoms with Crippen molar-refractivity contribution in [3.05, 3.63) is 29.8 Å². The zero-order valence-corrected chi connectivity index (χ0v) is 12.8. The topological polar surface area (TPSA) is 26.3 Å². The molecule has 0 bridgehead atoms. The van der Waals surface area contributed by atoms with E-state index < -0.39 is 0 Å². The van der Waals surface area contributed by atoms with Crippen LogP contribution in [0, 0.1) is 16.7 Å². The van der Waals surface area contributed by atoms with Crippen LogP contribution in [0.3, 0.4) is 0 Å². The van der Waals surface area contributed by atoms with Crippen molar-refractivity contribution < 1.29 is 9.53 Å². The van der Waals surface area contributed by atoms with Gasteiger partial charge in [0.15, 0.2) is 5.78 Å². The second kappa shape index (κ2) is 4.36. The third-order valence-corrected chi connectivity index (χ3v) is 4.77. The molecule has 104 valence electrons. The zero-order valence-electron chi connectivity index (χ0n) is 12.8. The zero-order chi connectivity index (χ0) is 14.4. The van der Waals surface area contributed by atoms with Gasteiger partial charge in [0.25, 0.3) is 0 Å². The molecule has 1 aromatic rings. The van der Waals surface area contributed by atoms with E-state index in [1.165, 1.54) is 0 Å². The first-order valence-electron chi connectivity index (χ1n) is 6.99. The van der Waals surface area contributed by atoms with Gasteiger partial charge in [0.2, 0.25) is 0 Å². The summed E-state index contributed by atoms with van der Waals surface area (Å²) >= 11 is 0. The van der Waals surface area contributed by atoms with E-state index in [-0.39, 0.29) is 28.6 Å². The number of carbonyl (C=O) groups is 1. The van der Waals surface area contributed by atoms with E-state index in [9.17, 15) is 4.79 Å². The molecule has 0 unspecified atom stereocenters. The number of rotatable bonds is 4. The third-order valence-electron chi connectivity index (χ3n) is 4.77. The van der Waals surface area contributed by atoms with Crippen LogP contribution in [0.1, 0.15) is 51.9 Å². The van der Waals surface area contributed by atoms with Gasteiger partial charge < -0.3 is 4.74 Å². The van der Waals surface area contributed by atoms with E-state index >= 15 is 0 Å². The maximum atomic E-state index is 12.6. The summed E-state index contributed by atoms with van der Waals surface area (Å²) in [6.45, 7) is 12.7. The predicted molar refractivity (Wildman–Crippen MR) is 77.6 cm³/mol. The lowest BCUT2D eigenvalue weighted by Gasteiger charge is -2.11. The van der Waals surface area contributed by atoms with Gasteiger partial charge in [-0.2, -0.15) is 0 Å². The molecule has 2 heteroatoms. The Morgan fingerprint density at radius 1 is 1.16 bits per heavy atom.